The van der Waals surface area contributed by atoms with Crippen molar-refractivity contribution in [2.45, 2.75) is 6.92 Å². The first kappa shape index (κ1) is 17.9. The summed E-state index contributed by atoms with van der Waals surface area (Å²) in [6.45, 7) is 1.81. The van der Waals surface area contributed by atoms with Crippen molar-refractivity contribution >= 4 is 23.1 Å². The molecule has 1 aromatic carbocycles. The van der Waals surface area contributed by atoms with Crippen molar-refractivity contribution in [1.29, 1.82) is 10.5 Å². The van der Waals surface area contributed by atoms with E-state index in [1.807, 2.05) is 6.07 Å². The van der Waals surface area contributed by atoms with E-state index in [9.17, 15) is 15.3 Å². The molecule has 1 aliphatic heterocycles. The monoisotopic (exact) mass is 390 g/mol. The van der Waals surface area contributed by atoms with Crippen LogP contribution in [0.2, 0.25) is 0 Å². The number of nitrogen functional groups attached to an aromatic ring is 2. The third kappa shape index (κ3) is 2.55. The maximum atomic E-state index is 12.8. The summed E-state index contributed by atoms with van der Waals surface area (Å²) >= 11 is 0. The zero-order valence-electron chi connectivity index (χ0n) is 15.2. The van der Waals surface area contributed by atoms with E-state index < -0.39 is 5.97 Å². The Morgan fingerprint density at radius 3 is 2.66 bits per heavy atom. The van der Waals surface area contributed by atoms with E-state index in [-0.39, 0.29) is 52.8 Å². The first-order valence-electron chi connectivity index (χ1n) is 8.52. The lowest BCUT2D eigenvalue weighted by atomic mass is 9.93. The highest BCUT2D eigenvalue weighted by Gasteiger charge is 2.29. The SMILES string of the molecule is CCOC(=O)c1c(-c2ccc3c(c2)OCO3)c(C#N)c2c(C#N)c(N)nn2c1N. The van der Waals surface area contributed by atoms with Gasteiger partial charge in [-0.3, -0.25) is 0 Å². The van der Waals surface area contributed by atoms with Crippen LogP contribution in [-0.4, -0.2) is 29.0 Å². The van der Waals surface area contributed by atoms with Crippen LogP contribution in [0.15, 0.2) is 18.2 Å². The molecule has 144 valence electrons. The number of hydrogen-bond donors (Lipinski definition) is 2. The second kappa shape index (κ2) is 6.62. The molecule has 1 aliphatic rings. The van der Waals surface area contributed by atoms with Crippen LogP contribution in [0.1, 0.15) is 28.4 Å². The van der Waals surface area contributed by atoms with Crippen molar-refractivity contribution in [2.75, 3.05) is 24.9 Å². The molecule has 0 atom stereocenters. The first-order chi connectivity index (χ1) is 14.0. The molecule has 0 unspecified atom stereocenters. The molecule has 0 spiro atoms. The largest absolute Gasteiger partial charge is 0.462 e. The summed E-state index contributed by atoms with van der Waals surface area (Å²) in [6, 6.07) is 8.94. The van der Waals surface area contributed by atoms with E-state index in [1.54, 1.807) is 25.1 Å². The van der Waals surface area contributed by atoms with Crippen LogP contribution in [-0.2, 0) is 4.74 Å². The fraction of sp³-hybridized carbons (Fsp3) is 0.158. The predicted octanol–water partition coefficient (Wildman–Crippen LogP) is 1.81. The molecule has 10 nitrogen and oxygen atoms in total. The summed E-state index contributed by atoms with van der Waals surface area (Å²) in [5.74, 6) is 0.0498. The molecular weight excluding hydrogens is 376 g/mol. The van der Waals surface area contributed by atoms with Gasteiger partial charge in [0, 0.05) is 5.56 Å². The highest BCUT2D eigenvalue weighted by atomic mass is 16.7. The number of rotatable bonds is 3. The number of benzene rings is 1. The molecule has 0 radical (unpaired) electrons. The van der Waals surface area contributed by atoms with Gasteiger partial charge in [-0.15, -0.1) is 5.10 Å². The van der Waals surface area contributed by atoms with Crippen LogP contribution in [0.25, 0.3) is 16.6 Å². The molecule has 10 heteroatoms. The number of nitrogens with zero attached hydrogens (tertiary/aromatic N) is 4. The van der Waals surface area contributed by atoms with Crippen molar-refractivity contribution in [1.82, 2.24) is 9.61 Å². The van der Waals surface area contributed by atoms with E-state index in [1.165, 1.54) is 0 Å². The van der Waals surface area contributed by atoms with Gasteiger partial charge in [-0.05, 0) is 24.6 Å². The number of hydrogen-bond acceptors (Lipinski definition) is 9. The van der Waals surface area contributed by atoms with Crippen LogP contribution in [0.3, 0.4) is 0 Å². The Kier molecular flexibility index (Phi) is 4.10. The van der Waals surface area contributed by atoms with Gasteiger partial charge in [0.1, 0.15) is 34.6 Å². The number of nitriles is 2. The summed E-state index contributed by atoms with van der Waals surface area (Å²) in [5, 5.41) is 23.5. The third-order valence-corrected chi connectivity index (χ3v) is 4.50. The lowest BCUT2D eigenvalue weighted by Crippen LogP contribution is -2.15. The van der Waals surface area contributed by atoms with E-state index in [0.29, 0.717) is 17.1 Å². The minimum Gasteiger partial charge on any atom is -0.462 e. The van der Waals surface area contributed by atoms with Crippen molar-refractivity contribution in [3.05, 3.63) is 34.9 Å². The van der Waals surface area contributed by atoms with Crippen molar-refractivity contribution < 1.29 is 19.0 Å². The third-order valence-electron chi connectivity index (χ3n) is 4.50. The van der Waals surface area contributed by atoms with Crippen LogP contribution in [0.5, 0.6) is 11.5 Å². The molecule has 0 aliphatic carbocycles. The topological polar surface area (TPSA) is 162 Å². The highest BCUT2D eigenvalue weighted by molar-refractivity contribution is 6.06. The average Bonchev–Trinajstić information content (AvgIpc) is 3.31. The second-order valence-corrected chi connectivity index (χ2v) is 6.04. The molecule has 0 bridgehead atoms. The molecule has 4 rings (SSSR count). The summed E-state index contributed by atoms with van der Waals surface area (Å²) in [5.41, 5.74) is 12.8. The van der Waals surface area contributed by atoms with Crippen molar-refractivity contribution in [2.24, 2.45) is 0 Å². The molecule has 0 saturated heterocycles. The van der Waals surface area contributed by atoms with Gasteiger partial charge < -0.3 is 25.7 Å². The summed E-state index contributed by atoms with van der Waals surface area (Å²) in [7, 11) is 0. The van der Waals surface area contributed by atoms with Gasteiger partial charge in [-0.25, -0.2) is 9.31 Å². The van der Waals surface area contributed by atoms with Gasteiger partial charge >= 0.3 is 5.97 Å². The second-order valence-electron chi connectivity index (χ2n) is 6.04. The normalized spacial score (nSPS) is 11.8. The number of aromatic nitrogens is 2. The quantitative estimate of drug-likeness (QED) is 0.635. The number of esters is 1. The Balaban J connectivity index is 2.16. The zero-order chi connectivity index (χ0) is 20.7. The molecule has 3 heterocycles. The van der Waals surface area contributed by atoms with Crippen LogP contribution in [0.4, 0.5) is 11.6 Å². The predicted molar refractivity (Wildman–Crippen MR) is 101 cm³/mol. The molecule has 0 amide bonds. The molecule has 0 fully saturated rings. The van der Waals surface area contributed by atoms with Gasteiger partial charge in [-0.2, -0.15) is 10.5 Å². The van der Waals surface area contributed by atoms with Gasteiger partial charge in [0.05, 0.1) is 12.2 Å². The molecular formula is C19H14N6O4. The highest BCUT2D eigenvalue weighted by Crippen LogP contribution is 2.41. The van der Waals surface area contributed by atoms with Crippen LogP contribution >= 0.6 is 0 Å². The zero-order valence-corrected chi connectivity index (χ0v) is 15.2. The summed E-state index contributed by atoms with van der Waals surface area (Å²) < 4.78 is 17.0. The average molecular weight is 390 g/mol. The fourth-order valence-electron chi connectivity index (χ4n) is 3.29. The van der Waals surface area contributed by atoms with Gasteiger partial charge in [0.2, 0.25) is 6.79 Å². The van der Waals surface area contributed by atoms with Gasteiger partial charge in [-0.1, -0.05) is 6.07 Å². The maximum Gasteiger partial charge on any atom is 0.342 e. The number of nitrogens with two attached hydrogens (primary N) is 2. The van der Waals surface area contributed by atoms with Crippen molar-refractivity contribution in [3.8, 4) is 34.8 Å². The first-order valence-corrected chi connectivity index (χ1v) is 8.52. The summed E-state index contributed by atoms with van der Waals surface area (Å²) in [4.78, 5) is 12.8. The molecule has 2 aromatic heterocycles. The fourth-order valence-corrected chi connectivity index (χ4v) is 3.29. The number of ether oxygens (including phenoxy) is 3. The number of anilines is 2. The van der Waals surface area contributed by atoms with Crippen molar-refractivity contribution in [3.63, 3.8) is 0 Å². The van der Waals surface area contributed by atoms with E-state index in [2.05, 4.69) is 11.2 Å². The molecule has 29 heavy (non-hydrogen) atoms. The lowest BCUT2D eigenvalue weighted by molar-refractivity contribution is 0.0528. The van der Waals surface area contributed by atoms with E-state index >= 15 is 0 Å². The maximum absolute atomic E-state index is 12.8. The number of pyridine rings is 1. The lowest BCUT2D eigenvalue weighted by Gasteiger charge is -2.16. The smallest absolute Gasteiger partial charge is 0.342 e. The minimum absolute atomic E-state index is 0.00866. The Morgan fingerprint density at radius 1 is 1.24 bits per heavy atom. The molecule has 0 saturated carbocycles. The van der Waals surface area contributed by atoms with Gasteiger partial charge in [0.25, 0.3) is 0 Å². The standard InChI is InChI=1S/C19H14N6O4/c1-2-27-19(26)15-14(9-3-4-12-13(5-9)29-8-28-12)10(6-20)16-11(7-21)17(22)24-25(16)18(15)23/h3-5H,2,8,23H2,1H3,(H2,22,24). The Labute approximate surface area is 164 Å². The van der Waals surface area contributed by atoms with E-state index in [0.717, 1.165) is 4.52 Å². The van der Waals surface area contributed by atoms with Crippen LogP contribution < -0.4 is 20.9 Å². The number of carbonyl (C=O) groups excluding carboxylic acids is 1. The van der Waals surface area contributed by atoms with E-state index in [4.69, 9.17) is 25.7 Å². The van der Waals surface area contributed by atoms with Gasteiger partial charge in [0.15, 0.2) is 17.3 Å². The number of carbonyl (C=O) groups is 1. The molecule has 4 N–H and O–H groups in total. The summed E-state index contributed by atoms with van der Waals surface area (Å²) in [6.07, 6.45) is 0. The van der Waals surface area contributed by atoms with Crippen LogP contribution in [0, 0.1) is 22.7 Å². The molecule has 3 aromatic rings. The Bertz CT molecular complexity index is 1260. The Morgan fingerprint density at radius 2 is 1.97 bits per heavy atom. The number of fused-ring (bicyclic) bond motifs is 2. The minimum atomic E-state index is -0.733. The Hall–Kier alpha value is -4.44.